The molecule has 1 aliphatic rings. The van der Waals surface area contributed by atoms with E-state index in [0.717, 1.165) is 38.0 Å². The Balaban J connectivity index is 0.00000300. The van der Waals surface area contributed by atoms with E-state index < -0.39 is 0 Å². The smallest absolute Gasteiger partial charge is 0.254 e. The Morgan fingerprint density at radius 2 is 2.03 bits per heavy atom. The topological polar surface area (TPSA) is 74.3 Å². The third kappa shape index (κ3) is 6.54. The van der Waals surface area contributed by atoms with Gasteiger partial charge < -0.3 is 15.5 Å². The van der Waals surface area contributed by atoms with Crippen LogP contribution in [0.25, 0.3) is 0 Å². The number of amides is 2. The highest BCUT2D eigenvalue weighted by Gasteiger charge is 2.26. The molecule has 0 radical (unpaired) electrons. The van der Waals surface area contributed by atoms with Crippen molar-refractivity contribution in [2.24, 2.45) is 0 Å². The third-order valence-electron chi connectivity index (χ3n) is 5.02. The first kappa shape index (κ1) is 22.8. The minimum atomic E-state index is -0.0650. The second kappa shape index (κ2) is 11.5. The number of halogens is 1. The average Bonchev–Trinajstić information content (AvgIpc) is 3.02. The van der Waals surface area contributed by atoms with Gasteiger partial charge in [0.15, 0.2) is 0 Å². The fourth-order valence-electron chi connectivity index (χ4n) is 3.49. The molecule has 3 rings (SSSR count). The van der Waals surface area contributed by atoms with E-state index >= 15 is 0 Å². The summed E-state index contributed by atoms with van der Waals surface area (Å²) in [6, 6.07) is 13.1. The van der Waals surface area contributed by atoms with Crippen molar-refractivity contribution in [1.29, 1.82) is 0 Å². The van der Waals surface area contributed by atoms with Crippen LogP contribution in [-0.2, 0) is 11.3 Å². The van der Waals surface area contributed by atoms with Crippen LogP contribution in [0.2, 0.25) is 0 Å². The molecule has 2 heterocycles. The molecule has 29 heavy (non-hydrogen) atoms. The molecular weight excluding hydrogens is 388 g/mol. The first-order valence-corrected chi connectivity index (χ1v) is 9.99. The molecule has 1 unspecified atom stereocenters. The van der Waals surface area contributed by atoms with E-state index in [9.17, 15) is 9.59 Å². The molecular formula is C22H29ClN4O2. The van der Waals surface area contributed by atoms with E-state index in [1.165, 1.54) is 0 Å². The molecule has 1 fully saturated rings. The van der Waals surface area contributed by atoms with Crippen LogP contribution in [0.4, 0.5) is 5.69 Å². The van der Waals surface area contributed by atoms with Crippen molar-refractivity contribution in [2.45, 2.75) is 45.2 Å². The minimum Gasteiger partial charge on any atom is -0.330 e. The lowest BCUT2D eigenvalue weighted by atomic mass is 10.0. The van der Waals surface area contributed by atoms with E-state index in [1.807, 2.05) is 41.3 Å². The number of nitrogens with zero attached hydrogens (tertiary/aromatic N) is 2. The van der Waals surface area contributed by atoms with Crippen LogP contribution in [0.15, 0.2) is 48.7 Å². The van der Waals surface area contributed by atoms with E-state index in [0.29, 0.717) is 24.2 Å². The predicted molar refractivity (Wildman–Crippen MR) is 117 cm³/mol. The first-order chi connectivity index (χ1) is 13.7. The quantitative estimate of drug-likeness (QED) is 0.753. The van der Waals surface area contributed by atoms with Crippen molar-refractivity contribution < 1.29 is 9.59 Å². The van der Waals surface area contributed by atoms with Gasteiger partial charge in [-0.2, -0.15) is 0 Å². The molecule has 1 aliphatic heterocycles. The highest BCUT2D eigenvalue weighted by Crippen LogP contribution is 2.21. The van der Waals surface area contributed by atoms with Gasteiger partial charge in [-0.05, 0) is 62.7 Å². The maximum absolute atomic E-state index is 13.4. The highest BCUT2D eigenvalue weighted by molar-refractivity contribution is 5.97. The molecule has 0 spiro atoms. The van der Waals surface area contributed by atoms with Gasteiger partial charge in [0.25, 0.3) is 5.91 Å². The van der Waals surface area contributed by atoms with Crippen molar-refractivity contribution in [1.82, 2.24) is 15.2 Å². The van der Waals surface area contributed by atoms with E-state index in [2.05, 4.69) is 15.6 Å². The number of pyridine rings is 1. The van der Waals surface area contributed by atoms with Crippen molar-refractivity contribution in [2.75, 3.05) is 18.4 Å². The van der Waals surface area contributed by atoms with Crippen molar-refractivity contribution >= 4 is 29.9 Å². The molecule has 1 saturated heterocycles. The molecule has 7 heteroatoms. The molecule has 1 aromatic carbocycles. The first-order valence-electron chi connectivity index (χ1n) is 9.99. The van der Waals surface area contributed by atoms with Gasteiger partial charge in [0, 0.05) is 29.9 Å². The van der Waals surface area contributed by atoms with Gasteiger partial charge >= 0.3 is 0 Å². The standard InChI is InChI=1S/C22H28N4O2.ClH/c1-2-21(27)25-18-9-5-7-17(15-18)22(28)26(16-19-8-3-4-13-24-19)20-10-6-12-23-14-11-20;/h3-5,7-9,13,15,20,23H,2,6,10-12,14,16H2,1H3,(H,25,27);1H. The average molecular weight is 417 g/mol. The fourth-order valence-corrected chi connectivity index (χ4v) is 3.49. The predicted octanol–water partition coefficient (Wildman–Crippen LogP) is 3.64. The van der Waals surface area contributed by atoms with Crippen LogP contribution < -0.4 is 10.6 Å². The highest BCUT2D eigenvalue weighted by atomic mass is 35.5. The van der Waals surface area contributed by atoms with Crippen LogP contribution in [0.3, 0.4) is 0 Å². The summed E-state index contributed by atoms with van der Waals surface area (Å²) in [6.45, 7) is 4.18. The van der Waals surface area contributed by atoms with Gasteiger partial charge in [-0.25, -0.2) is 0 Å². The van der Waals surface area contributed by atoms with E-state index in [-0.39, 0.29) is 30.3 Å². The van der Waals surface area contributed by atoms with E-state index in [1.54, 1.807) is 19.2 Å². The maximum atomic E-state index is 13.4. The molecule has 2 amide bonds. The van der Waals surface area contributed by atoms with Crippen molar-refractivity contribution in [3.8, 4) is 0 Å². The number of benzene rings is 1. The lowest BCUT2D eigenvalue weighted by molar-refractivity contribution is -0.115. The Bertz CT molecular complexity index is 792. The summed E-state index contributed by atoms with van der Waals surface area (Å²) >= 11 is 0. The third-order valence-corrected chi connectivity index (χ3v) is 5.02. The zero-order valence-electron chi connectivity index (χ0n) is 16.8. The second-order valence-corrected chi connectivity index (χ2v) is 7.07. The summed E-state index contributed by atoms with van der Waals surface area (Å²) in [6.07, 6.45) is 5.10. The molecule has 2 N–H and O–H groups in total. The number of anilines is 1. The number of hydrogen-bond acceptors (Lipinski definition) is 4. The van der Waals surface area contributed by atoms with Crippen molar-refractivity contribution in [3.63, 3.8) is 0 Å². The van der Waals surface area contributed by atoms with Crippen LogP contribution in [0.5, 0.6) is 0 Å². The second-order valence-electron chi connectivity index (χ2n) is 7.07. The Morgan fingerprint density at radius 1 is 1.17 bits per heavy atom. The number of rotatable bonds is 6. The molecule has 1 aromatic heterocycles. The zero-order valence-corrected chi connectivity index (χ0v) is 17.6. The van der Waals surface area contributed by atoms with Crippen LogP contribution in [0, 0.1) is 0 Å². The molecule has 0 saturated carbocycles. The van der Waals surface area contributed by atoms with Crippen LogP contribution >= 0.6 is 12.4 Å². The van der Waals surface area contributed by atoms with Gasteiger partial charge in [0.1, 0.15) is 0 Å². The molecule has 0 aliphatic carbocycles. The Morgan fingerprint density at radius 3 is 2.79 bits per heavy atom. The Hall–Kier alpha value is -2.44. The minimum absolute atomic E-state index is 0. The van der Waals surface area contributed by atoms with Gasteiger partial charge in [0.05, 0.1) is 12.2 Å². The van der Waals surface area contributed by atoms with Crippen LogP contribution in [0.1, 0.15) is 48.7 Å². The summed E-state index contributed by atoms with van der Waals surface area (Å²) in [5.74, 6) is -0.0880. The van der Waals surface area contributed by atoms with Gasteiger partial charge in [0.2, 0.25) is 5.91 Å². The van der Waals surface area contributed by atoms with Gasteiger partial charge in [-0.15, -0.1) is 12.4 Å². The molecule has 2 aromatic rings. The maximum Gasteiger partial charge on any atom is 0.254 e. The van der Waals surface area contributed by atoms with Crippen molar-refractivity contribution in [3.05, 3.63) is 59.9 Å². The molecule has 0 bridgehead atoms. The molecule has 156 valence electrons. The fraction of sp³-hybridized carbons (Fsp3) is 0.409. The number of carbonyl (C=O) groups is 2. The number of nitrogens with one attached hydrogen (secondary N) is 2. The summed E-state index contributed by atoms with van der Waals surface area (Å²) in [5.41, 5.74) is 2.11. The summed E-state index contributed by atoms with van der Waals surface area (Å²) < 4.78 is 0. The lowest BCUT2D eigenvalue weighted by Crippen LogP contribution is -2.40. The lowest BCUT2D eigenvalue weighted by Gasteiger charge is -2.31. The van der Waals surface area contributed by atoms with Gasteiger partial charge in [-0.3, -0.25) is 14.6 Å². The molecule has 6 nitrogen and oxygen atoms in total. The van der Waals surface area contributed by atoms with E-state index in [4.69, 9.17) is 0 Å². The summed E-state index contributed by atoms with van der Waals surface area (Å²) in [5, 5.41) is 6.24. The number of aromatic nitrogens is 1. The largest absolute Gasteiger partial charge is 0.330 e. The molecule has 1 atom stereocenters. The van der Waals surface area contributed by atoms with Crippen LogP contribution in [-0.4, -0.2) is 40.8 Å². The Labute approximate surface area is 178 Å². The summed E-state index contributed by atoms with van der Waals surface area (Å²) in [4.78, 5) is 31.5. The monoisotopic (exact) mass is 416 g/mol. The number of hydrogen-bond donors (Lipinski definition) is 2. The zero-order chi connectivity index (χ0) is 19.8. The number of carbonyl (C=O) groups excluding carboxylic acids is 2. The normalized spacial score (nSPS) is 16.2. The SMILES string of the molecule is CCC(=O)Nc1cccc(C(=O)N(Cc2ccccn2)C2CCCNCC2)c1.Cl. The summed E-state index contributed by atoms with van der Waals surface area (Å²) in [7, 11) is 0. The Kier molecular flexibility index (Phi) is 9.09. The van der Waals surface area contributed by atoms with Gasteiger partial charge in [-0.1, -0.05) is 19.1 Å².